The van der Waals surface area contributed by atoms with Gasteiger partial charge in [-0.2, -0.15) is 5.26 Å². The van der Waals surface area contributed by atoms with Gasteiger partial charge in [-0.3, -0.25) is 9.69 Å². The van der Waals surface area contributed by atoms with Crippen LogP contribution in [0.3, 0.4) is 0 Å². The number of fused-ring (bicyclic) bond motifs is 1. The maximum atomic E-state index is 12.8. The van der Waals surface area contributed by atoms with Gasteiger partial charge in [0.05, 0.1) is 11.8 Å². The maximum Gasteiger partial charge on any atom is 0.250 e. The van der Waals surface area contributed by atoms with Crippen molar-refractivity contribution < 1.29 is 9.53 Å². The molecule has 1 atom stereocenters. The fourth-order valence-corrected chi connectivity index (χ4v) is 3.32. The van der Waals surface area contributed by atoms with Crippen LogP contribution in [0.4, 0.5) is 5.69 Å². The van der Waals surface area contributed by atoms with Crippen molar-refractivity contribution in [2.45, 2.75) is 45.3 Å². The Hall–Kier alpha value is -2.22. The number of likely N-dealkylation sites (tertiary alicyclic amines) is 1. The Morgan fingerprint density at radius 3 is 2.95 bits per heavy atom. The Morgan fingerprint density at radius 1 is 1.41 bits per heavy atom. The first-order chi connectivity index (χ1) is 10.6. The summed E-state index contributed by atoms with van der Waals surface area (Å²) in [6, 6.07) is 5.56. The minimum atomic E-state index is -0.300. The lowest BCUT2D eigenvalue weighted by Crippen LogP contribution is -2.43. The third-order valence-electron chi connectivity index (χ3n) is 4.28. The van der Waals surface area contributed by atoms with Crippen LogP contribution in [0, 0.1) is 11.5 Å². The fraction of sp³-hybridized carbons (Fsp3) is 0.529. The largest absolute Gasteiger partial charge is 0.491 e. The van der Waals surface area contributed by atoms with Gasteiger partial charge in [-0.05, 0) is 45.2 Å². The zero-order valence-corrected chi connectivity index (χ0v) is 13.1. The van der Waals surface area contributed by atoms with Crippen molar-refractivity contribution in [2.24, 2.45) is 0 Å². The molecule has 2 aliphatic heterocycles. The zero-order valence-electron chi connectivity index (χ0n) is 13.1. The van der Waals surface area contributed by atoms with E-state index in [1.165, 1.54) is 0 Å². The lowest BCUT2D eigenvalue weighted by atomic mass is 10.1. The number of carbonyl (C=O) groups excluding carboxylic acids is 1. The topological polar surface area (TPSA) is 56.6 Å². The minimum absolute atomic E-state index is 0.0412. The SMILES string of the molecule is CC(C)Oc1cccc2c1CCN2C(=O)C1CCCN1C#N. The van der Waals surface area contributed by atoms with Gasteiger partial charge < -0.3 is 9.64 Å². The smallest absolute Gasteiger partial charge is 0.250 e. The number of hydrogen-bond acceptors (Lipinski definition) is 4. The van der Waals surface area contributed by atoms with Gasteiger partial charge >= 0.3 is 0 Å². The minimum Gasteiger partial charge on any atom is -0.491 e. The van der Waals surface area contributed by atoms with Gasteiger partial charge in [0.1, 0.15) is 11.8 Å². The molecule has 116 valence electrons. The van der Waals surface area contributed by atoms with Crippen LogP contribution >= 0.6 is 0 Å². The van der Waals surface area contributed by atoms with Crippen LogP contribution in [-0.2, 0) is 11.2 Å². The van der Waals surface area contributed by atoms with Gasteiger partial charge in [0.25, 0.3) is 0 Å². The summed E-state index contributed by atoms with van der Waals surface area (Å²) in [6.45, 7) is 5.35. The second-order valence-electron chi connectivity index (χ2n) is 6.11. The summed E-state index contributed by atoms with van der Waals surface area (Å²) in [4.78, 5) is 16.2. The molecular formula is C17H21N3O2. The first-order valence-corrected chi connectivity index (χ1v) is 7.88. The number of nitrogens with zero attached hydrogens (tertiary/aromatic N) is 3. The van der Waals surface area contributed by atoms with Gasteiger partial charge in [-0.1, -0.05) is 6.07 Å². The van der Waals surface area contributed by atoms with Crippen molar-refractivity contribution >= 4 is 11.6 Å². The molecule has 0 saturated carbocycles. The van der Waals surface area contributed by atoms with E-state index in [4.69, 9.17) is 10.00 Å². The number of benzene rings is 1. The van der Waals surface area contributed by atoms with Gasteiger partial charge in [0.15, 0.2) is 6.19 Å². The van der Waals surface area contributed by atoms with Crippen LogP contribution in [-0.4, -0.2) is 36.0 Å². The summed E-state index contributed by atoms with van der Waals surface area (Å²) < 4.78 is 5.85. The van der Waals surface area contributed by atoms with E-state index in [0.717, 1.165) is 36.3 Å². The quantitative estimate of drug-likeness (QED) is 0.804. The van der Waals surface area contributed by atoms with Gasteiger partial charge in [0, 0.05) is 18.7 Å². The molecule has 1 saturated heterocycles. The zero-order chi connectivity index (χ0) is 15.7. The molecule has 22 heavy (non-hydrogen) atoms. The van der Waals surface area contributed by atoms with E-state index in [1.807, 2.05) is 36.9 Å². The Balaban J connectivity index is 1.85. The van der Waals surface area contributed by atoms with E-state index in [1.54, 1.807) is 4.90 Å². The van der Waals surface area contributed by atoms with Crippen LogP contribution in [0.1, 0.15) is 32.3 Å². The molecule has 0 N–H and O–H groups in total. The highest BCUT2D eigenvalue weighted by atomic mass is 16.5. The summed E-state index contributed by atoms with van der Waals surface area (Å²) in [5.74, 6) is 0.908. The molecule has 2 aliphatic rings. The van der Waals surface area contributed by atoms with E-state index < -0.39 is 0 Å². The summed E-state index contributed by atoms with van der Waals surface area (Å²) in [5.41, 5.74) is 2.04. The normalized spacial score (nSPS) is 20.2. The third kappa shape index (κ3) is 2.50. The molecule has 1 fully saturated rings. The molecular weight excluding hydrogens is 278 g/mol. The average Bonchev–Trinajstić information content (AvgIpc) is 3.13. The predicted octanol–water partition coefficient (Wildman–Crippen LogP) is 2.31. The fourth-order valence-electron chi connectivity index (χ4n) is 3.32. The van der Waals surface area contributed by atoms with Gasteiger partial charge in [-0.25, -0.2) is 0 Å². The number of amides is 1. The second-order valence-corrected chi connectivity index (χ2v) is 6.11. The Morgan fingerprint density at radius 2 is 2.23 bits per heavy atom. The first kappa shape index (κ1) is 14.7. The summed E-state index contributed by atoms with van der Waals surface area (Å²) >= 11 is 0. The molecule has 5 heteroatoms. The first-order valence-electron chi connectivity index (χ1n) is 7.88. The number of hydrogen-bond donors (Lipinski definition) is 0. The third-order valence-corrected chi connectivity index (χ3v) is 4.28. The monoisotopic (exact) mass is 299 g/mol. The standard InChI is InChI=1S/C17H21N3O2/c1-12(2)22-16-7-3-5-14-13(16)8-10-20(14)17(21)15-6-4-9-19(15)11-18/h3,5,7,12,15H,4,6,8-10H2,1-2H3. The molecule has 0 aliphatic carbocycles. The summed E-state index contributed by atoms with van der Waals surface area (Å²) in [7, 11) is 0. The van der Waals surface area contributed by atoms with Crippen molar-refractivity contribution in [3.8, 4) is 11.9 Å². The van der Waals surface area contributed by atoms with E-state index in [0.29, 0.717) is 13.1 Å². The molecule has 1 amide bonds. The van der Waals surface area contributed by atoms with Crippen LogP contribution in [0.25, 0.3) is 0 Å². The molecule has 0 aromatic heterocycles. The number of ether oxygens (including phenoxy) is 1. The molecule has 1 aromatic carbocycles. The van der Waals surface area contributed by atoms with Crippen LogP contribution in [0.15, 0.2) is 18.2 Å². The van der Waals surface area contributed by atoms with E-state index in [2.05, 4.69) is 6.19 Å². The maximum absolute atomic E-state index is 12.8. The molecule has 1 unspecified atom stereocenters. The van der Waals surface area contributed by atoms with E-state index >= 15 is 0 Å². The summed E-state index contributed by atoms with van der Waals surface area (Å²) in [5, 5.41) is 9.15. The molecule has 0 radical (unpaired) electrons. The van der Waals surface area contributed by atoms with E-state index in [9.17, 15) is 4.79 Å². The molecule has 2 heterocycles. The number of anilines is 1. The second kappa shape index (κ2) is 5.88. The Labute approximate surface area is 131 Å². The lowest BCUT2D eigenvalue weighted by molar-refractivity contribution is -0.121. The molecule has 3 rings (SSSR count). The molecule has 0 spiro atoms. The average molecular weight is 299 g/mol. The Bertz CT molecular complexity index is 621. The van der Waals surface area contributed by atoms with Crippen molar-refractivity contribution in [3.05, 3.63) is 23.8 Å². The van der Waals surface area contributed by atoms with Crippen LogP contribution in [0.5, 0.6) is 5.75 Å². The van der Waals surface area contributed by atoms with Crippen molar-refractivity contribution in [1.82, 2.24) is 4.90 Å². The van der Waals surface area contributed by atoms with Crippen molar-refractivity contribution in [1.29, 1.82) is 5.26 Å². The molecule has 0 bridgehead atoms. The highest BCUT2D eigenvalue weighted by Crippen LogP contribution is 2.36. The number of rotatable bonds is 3. The van der Waals surface area contributed by atoms with Gasteiger partial charge in [-0.15, -0.1) is 0 Å². The van der Waals surface area contributed by atoms with E-state index in [-0.39, 0.29) is 18.1 Å². The number of nitriles is 1. The molecule has 1 aromatic rings. The van der Waals surface area contributed by atoms with Crippen molar-refractivity contribution in [3.63, 3.8) is 0 Å². The summed E-state index contributed by atoms with van der Waals surface area (Å²) in [6.07, 6.45) is 4.73. The predicted molar refractivity (Wildman–Crippen MR) is 83.6 cm³/mol. The highest BCUT2D eigenvalue weighted by Gasteiger charge is 2.36. The Kier molecular flexibility index (Phi) is 3.93. The lowest BCUT2D eigenvalue weighted by Gasteiger charge is -2.25. The van der Waals surface area contributed by atoms with Gasteiger partial charge in [0.2, 0.25) is 5.91 Å². The van der Waals surface area contributed by atoms with Crippen LogP contribution in [0.2, 0.25) is 0 Å². The molecule has 5 nitrogen and oxygen atoms in total. The highest BCUT2D eigenvalue weighted by molar-refractivity contribution is 5.99. The number of carbonyl (C=O) groups is 1. The van der Waals surface area contributed by atoms with Crippen LogP contribution < -0.4 is 9.64 Å². The van der Waals surface area contributed by atoms with Crippen molar-refractivity contribution in [2.75, 3.05) is 18.0 Å².